The number of H-pyrrole nitrogens is 1. The van der Waals surface area contributed by atoms with E-state index in [9.17, 15) is 4.79 Å². The van der Waals surface area contributed by atoms with E-state index in [1.807, 2.05) is 41.8 Å². The molecule has 2 heterocycles. The summed E-state index contributed by atoms with van der Waals surface area (Å²) in [6.07, 6.45) is 0. The minimum atomic E-state index is -0.0364. The van der Waals surface area contributed by atoms with Crippen molar-refractivity contribution in [3.8, 4) is 0 Å². The molecule has 3 nitrogen and oxygen atoms in total. The van der Waals surface area contributed by atoms with Crippen LogP contribution in [0.3, 0.4) is 0 Å². The Balaban J connectivity index is 2.09. The van der Waals surface area contributed by atoms with Gasteiger partial charge >= 0.3 is 5.69 Å². The zero-order chi connectivity index (χ0) is 11.0. The number of fused-ring (bicyclic) bond motifs is 1. The molecular weight excluding hydrogens is 220 g/mol. The highest BCUT2D eigenvalue weighted by atomic mass is 32.1. The van der Waals surface area contributed by atoms with Crippen molar-refractivity contribution in [2.75, 3.05) is 0 Å². The van der Waals surface area contributed by atoms with Crippen LogP contribution >= 0.6 is 11.3 Å². The van der Waals surface area contributed by atoms with Crippen LogP contribution in [-0.2, 0) is 6.54 Å². The molecule has 0 saturated heterocycles. The summed E-state index contributed by atoms with van der Waals surface area (Å²) in [5, 5.41) is 1.99. The van der Waals surface area contributed by atoms with Gasteiger partial charge in [0.25, 0.3) is 0 Å². The summed E-state index contributed by atoms with van der Waals surface area (Å²) in [5.74, 6) is 0. The fraction of sp³-hybridized carbons (Fsp3) is 0.0833. The molecule has 0 fully saturated rings. The fourth-order valence-corrected chi connectivity index (χ4v) is 2.64. The molecule has 0 unspecified atom stereocenters. The molecule has 0 aliphatic carbocycles. The Kier molecular flexibility index (Phi) is 2.15. The zero-order valence-corrected chi connectivity index (χ0v) is 9.33. The first-order valence-corrected chi connectivity index (χ1v) is 5.92. The van der Waals surface area contributed by atoms with E-state index in [0.717, 1.165) is 15.9 Å². The predicted molar refractivity (Wildman–Crippen MR) is 66.0 cm³/mol. The molecule has 0 radical (unpaired) electrons. The summed E-state index contributed by atoms with van der Waals surface area (Å²) in [4.78, 5) is 15.6. The van der Waals surface area contributed by atoms with Crippen LogP contribution in [0.15, 0.2) is 46.6 Å². The Bertz CT molecular complexity index is 663. The maximum atomic E-state index is 11.7. The third-order valence-corrected chi connectivity index (χ3v) is 3.50. The van der Waals surface area contributed by atoms with Crippen molar-refractivity contribution in [3.63, 3.8) is 0 Å². The average Bonchev–Trinajstić information content (AvgIpc) is 2.84. The van der Waals surface area contributed by atoms with Crippen molar-refractivity contribution in [2.45, 2.75) is 6.54 Å². The Hall–Kier alpha value is -1.81. The lowest BCUT2D eigenvalue weighted by atomic mass is 10.2. The van der Waals surface area contributed by atoms with Gasteiger partial charge < -0.3 is 4.98 Å². The molecule has 2 aromatic heterocycles. The van der Waals surface area contributed by atoms with Crippen molar-refractivity contribution in [1.29, 1.82) is 0 Å². The molecule has 1 aromatic carbocycles. The first-order valence-electron chi connectivity index (χ1n) is 5.04. The van der Waals surface area contributed by atoms with Gasteiger partial charge in [-0.1, -0.05) is 30.3 Å². The standard InChI is InChI=1S/C12H10N2OS/c15-12-13-10-6-7-16-11(10)14(12)8-9-4-2-1-3-5-9/h1-7H,8H2,(H,13,15). The van der Waals surface area contributed by atoms with E-state index in [4.69, 9.17) is 0 Å². The molecule has 3 aromatic rings. The monoisotopic (exact) mass is 230 g/mol. The van der Waals surface area contributed by atoms with Crippen molar-refractivity contribution < 1.29 is 0 Å². The molecule has 16 heavy (non-hydrogen) atoms. The van der Waals surface area contributed by atoms with Crippen LogP contribution in [0, 0.1) is 0 Å². The van der Waals surface area contributed by atoms with E-state index in [0.29, 0.717) is 6.54 Å². The summed E-state index contributed by atoms with van der Waals surface area (Å²) in [6.45, 7) is 0.625. The van der Waals surface area contributed by atoms with Crippen LogP contribution in [0.2, 0.25) is 0 Å². The van der Waals surface area contributed by atoms with Gasteiger partial charge in [0.05, 0.1) is 12.1 Å². The third kappa shape index (κ3) is 1.47. The summed E-state index contributed by atoms with van der Waals surface area (Å²) in [5.41, 5.74) is 2.02. The number of aromatic nitrogens is 2. The molecule has 4 heteroatoms. The Morgan fingerprint density at radius 2 is 2.00 bits per heavy atom. The highest BCUT2D eigenvalue weighted by molar-refractivity contribution is 7.16. The summed E-state index contributed by atoms with van der Waals surface area (Å²) in [7, 11) is 0. The normalized spacial score (nSPS) is 11.0. The second-order valence-corrected chi connectivity index (χ2v) is 4.54. The second-order valence-electron chi connectivity index (χ2n) is 3.64. The van der Waals surface area contributed by atoms with Crippen molar-refractivity contribution >= 4 is 21.7 Å². The number of hydrogen-bond donors (Lipinski definition) is 1. The summed E-state index contributed by atoms with van der Waals surface area (Å²) >= 11 is 1.59. The minimum Gasteiger partial charge on any atom is -0.305 e. The van der Waals surface area contributed by atoms with Crippen LogP contribution in [0.4, 0.5) is 0 Å². The number of aromatic amines is 1. The van der Waals surface area contributed by atoms with Crippen LogP contribution in [0.5, 0.6) is 0 Å². The molecule has 0 atom stereocenters. The third-order valence-electron chi connectivity index (χ3n) is 2.56. The van der Waals surface area contributed by atoms with Crippen LogP contribution in [-0.4, -0.2) is 9.55 Å². The van der Waals surface area contributed by atoms with Crippen molar-refractivity contribution in [1.82, 2.24) is 9.55 Å². The average molecular weight is 230 g/mol. The van der Waals surface area contributed by atoms with Gasteiger partial charge in [0.1, 0.15) is 4.83 Å². The van der Waals surface area contributed by atoms with Gasteiger partial charge in [-0.3, -0.25) is 4.57 Å². The molecule has 1 N–H and O–H groups in total. The van der Waals surface area contributed by atoms with Gasteiger partial charge in [-0.25, -0.2) is 4.79 Å². The number of benzene rings is 1. The molecular formula is C12H10N2OS. The largest absolute Gasteiger partial charge is 0.327 e. The van der Waals surface area contributed by atoms with Gasteiger partial charge in [0, 0.05) is 0 Å². The first kappa shape index (κ1) is 9.42. The summed E-state index contributed by atoms with van der Waals surface area (Å²) in [6, 6.07) is 11.9. The fourth-order valence-electron chi connectivity index (χ4n) is 1.79. The van der Waals surface area contributed by atoms with Gasteiger partial charge in [-0.05, 0) is 17.0 Å². The smallest absolute Gasteiger partial charge is 0.305 e. The molecule has 0 aliphatic heterocycles. The molecule has 80 valence electrons. The second kappa shape index (κ2) is 3.64. The van der Waals surface area contributed by atoms with E-state index in [2.05, 4.69) is 4.98 Å². The van der Waals surface area contributed by atoms with Gasteiger partial charge in [-0.2, -0.15) is 0 Å². The quantitative estimate of drug-likeness (QED) is 0.721. The van der Waals surface area contributed by atoms with Gasteiger partial charge in [-0.15, -0.1) is 11.3 Å². The molecule has 0 spiro atoms. The van der Waals surface area contributed by atoms with Crippen LogP contribution < -0.4 is 5.69 Å². The summed E-state index contributed by atoms with van der Waals surface area (Å²) < 4.78 is 1.77. The van der Waals surface area contributed by atoms with Crippen LogP contribution in [0.25, 0.3) is 10.3 Å². The minimum absolute atomic E-state index is 0.0364. The number of rotatable bonds is 2. The lowest BCUT2D eigenvalue weighted by Crippen LogP contribution is -2.17. The molecule has 0 amide bonds. The van der Waals surface area contributed by atoms with E-state index >= 15 is 0 Å². The zero-order valence-electron chi connectivity index (χ0n) is 8.51. The SMILES string of the molecule is O=c1[nH]c2ccsc2n1Cc1ccccc1. The highest BCUT2D eigenvalue weighted by Gasteiger charge is 2.07. The Morgan fingerprint density at radius 3 is 2.81 bits per heavy atom. The number of thiophene rings is 1. The van der Waals surface area contributed by atoms with Gasteiger partial charge in [0.2, 0.25) is 0 Å². The molecule has 0 aliphatic rings. The molecule has 3 rings (SSSR count). The molecule has 0 saturated carbocycles. The van der Waals surface area contributed by atoms with Crippen molar-refractivity contribution in [2.24, 2.45) is 0 Å². The number of nitrogens with one attached hydrogen (secondary N) is 1. The topological polar surface area (TPSA) is 37.8 Å². The number of nitrogens with zero attached hydrogens (tertiary/aromatic N) is 1. The van der Waals surface area contributed by atoms with E-state index in [1.165, 1.54) is 0 Å². The number of hydrogen-bond acceptors (Lipinski definition) is 2. The lowest BCUT2D eigenvalue weighted by molar-refractivity contribution is 0.791. The maximum Gasteiger partial charge on any atom is 0.327 e. The Morgan fingerprint density at radius 1 is 1.19 bits per heavy atom. The lowest BCUT2D eigenvalue weighted by Gasteiger charge is -2.01. The number of imidazole rings is 1. The maximum absolute atomic E-state index is 11.7. The molecule has 0 bridgehead atoms. The van der Waals surface area contributed by atoms with E-state index in [1.54, 1.807) is 15.9 Å². The Labute approximate surface area is 96.0 Å². The van der Waals surface area contributed by atoms with E-state index < -0.39 is 0 Å². The van der Waals surface area contributed by atoms with E-state index in [-0.39, 0.29) is 5.69 Å². The highest BCUT2D eigenvalue weighted by Crippen LogP contribution is 2.17. The van der Waals surface area contributed by atoms with Crippen molar-refractivity contribution in [3.05, 3.63) is 57.8 Å². The first-order chi connectivity index (χ1) is 7.84. The van der Waals surface area contributed by atoms with Crippen LogP contribution in [0.1, 0.15) is 5.56 Å². The predicted octanol–water partition coefficient (Wildman–Crippen LogP) is 2.44. The van der Waals surface area contributed by atoms with Gasteiger partial charge in [0.15, 0.2) is 0 Å².